The monoisotopic (exact) mass is 344 g/mol. The van der Waals surface area contributed by atoms with Crippen LogP contribution in [0.3, 0.4) is 0 Å². The summed E-state index contributed by atoms with van der Waals surface area (Å²) in [5, 5.41) is 5.60. The van der Waals surface area contributed by atoms with Crippen LogP contribution >= 0.6 is 11.3 Å². The Morgan fingerprint density at radius 1 is 1.12 bits per heavy atom. The van der Waals surface area contributed by atoms with E-state index in [9.17, 15) is 4.79 Å². The fourth-order valence-corrected chi connectivity index (χ4v) is 3.96. The van der Waals surface area contributed by atoms with Crippen molar-refractivity contribution in [2.24, 2.45) is 5.92 Å². The van der Waals surface area contributed by atoms with Gasteiger partial charge < -0.3 is 14.8 Å². The molecule has 1 fully saturated rings. The van der Waals surface area contributed by atoms with Crippen molar-refractivity contribution in [3.8, 4) is 22.8 Å². The van der Waals surface area contributed by atoms with Gasteiger partial charge in [-0.1, -0.05) is 19.3 Å². The summed E-state index contributed by atoms with van der Waals surface area (Å²) in [5.74, 6) is 1.77. The van der Waals surface area contributed by atoms with Gasteiger partial charge in [0.05, 0.1) is 5.69 Å². The van der Waals surface area contributed by atoms with Crippen LogP contribution in [0.25, 0.3) is 11.3 Å². The highest BCUT2D eigenvalue weighted by Gasteiger charge is 2.22. The Labute approximate surface area is 145 Å². The second-order valence-corrected chi connectivity index (χ2v) is 7.08. The molecule has 1 aromatic heterocycles. The van der Waals surface area contributed by atoms with E-state index in [4.69, 9.17) is 9.47 Å². The summed E-state index contributed by atoms with van der Waals surface area (Å²) in [6, 6.07) is 5.81. The van der Waals surface area contributed by atoms with Crippen molar-refractivity contribution in [1.82, 2.24) is 4.98 Å². The second kappa shape index (κ2) is 6.81. The zero-order valence-electron chi connectivity index (χ0n) is 13.4. The zero-order valence-corrected chi connectivity index (χ0v) is 14.2. The molecule has 0 radical (unpaired) electrons. The number of carbonyl (C=O) groups is 1. The molecule has 6 heteroatoms. The van der Waals surface area contributed by atoms with Crippen LogP contribution in [0.1, 0.15) is 32.1 Å². The van der Waals surface area contributed by atoms with Gasteiger partial charge in [0.25, 0.3) is 0 Å². The Hall–Kier alpha value is -2.08. The van der Waals surface area contributed by atoms with E-state index < -0.39 is 0 Å². The van der Waals surface area contributed by atoms with E-state index in [0.29, 0.717) is 18.3 Å². The van der Waals surface area contributed by atoms with E-state index in [1.807, 2.05) is 23.6 Å². The first-order valence-electron chi connectivity index (χ1n) is 8.46. The lowest BCUT2D eigenvalue weighted by molar-refractivity contribution is -0.120. The van der Waals surface area contributed by atoms with Gasteiger partial charge in [0.1, 0.15) is 13.2 Å². The van der Waals surface area contributed by atoms with Gasteiger partial charge in [0.2, 0.25) is 5.91 Å². The molecule has 2 heterocycles. The average molecular weight is 344 g/mol. The molecule has 4 rings (SSSR count). The Balaban J connectivity index is 1.47. The van der Waals surface area contributed by atoms with E-state index in [1.54, 1.807) is 0 Å². The number of fused-ring (bicyclic) bond motifs is 1. The lowest BCUT2D eigenvalue weighted by atomic mass is 9.89. The first-order chi connectivity index (χ1) is 11.8. The second-order valence-electron chi connectivity index (χ2n) is 6.22. The van der Waals surface area contributed by atoms with Crippen LogP contribution in [-0.2, 0) is 4.79 Å². The number of amides is 1. The molecular formula is C18H20N2O3S. The highest BCUT2D eigenvalue weighted by atomic mass is 32.1. The summed E-state index contributed by atoms with van der Waals surface area (Å²) >= 11 is 1.46. The van der Waals surface area contributed by atoms with Crippen molar-refractivity contribution in [3.63, 3.8) is 0 Å². The summed E-state index contributed by atoms with van der Waals surface area (Å²) in [6.07, 6.45) is 5.53. The van der Waals surface area contributed by atoms with Crippen molar-refractivity contribution >= 4 is 22.4 Å². The third-order valence-electron chi connectivity index (χ3n) is 4.55. The number of thiazole rings is 1. The SMILES string of the molecule is O=C(Nc1nc(-c2ccc3c(c2)OCCO3)cs1)C1CCCCC1. The molecule has 0 bridgehead atoms. The van der Waals surface area contributed by atoms with Gasteiger partial charge in [-0.25, -0.2) is 4.98 Å². The number of anilines is 1. The van der Waals surface area contributed by atoms with Crippen molar-refractivity contribution in [2.45, 2.75) is 32.1 Å². The van der Waals surface area contributed by atoms with Gasteiger partial charge in [0.15, 0.2) is 16.6 Å². The predicted octanol–water partition coefficient (Wildman–Crippen LogP) is 4.10. The molecule has 0 saturated heterocycles. The summed E-state index contributed by atoms with van der Waals surface area (Å²) in [4.78, 5) is 16.9. The smallest absolute Gasteiger partial charge is 0.229 e. The fourth-order valence-electron chi connectivity index (χ4n) is 3.24. The number of hydrogen-bond acceptors (Lipinski definition) is 5. The average Bonchev–Trinajstić information content (AvgIpc) is 3.10. The minimum atomic E-state index is 0.109. The molecular weight excluding hydrogens is 324 g/mol. The number of aromatic nitrogens is 1. The molecule has 1 saturated carbocycles. The quantitative estimate of drug-likeness (QED) is 0.910. The molecule has 126 valence electrons. The Morgan fingerprint density at radius 2 is 1.92 bits per heavy atom. The Kier molecular flexibility index (Phi) is 4.38. The summed E-state index contributed by atoms with van der Waals surface area (Å²) in [5.41, 5.74) is 1.81. The molecule has 1 aliphatic carbocycles. The van der Waals surface area contributed by atoms with Crippen molar-refractivity contribution < 1.29 is 14.3 Å². The number of nitrogens with zero attached hydrogens (tertiary/aromatic N) is 1. The van der Waals surface area contributed by atoms with Gasteiger partial charge in [0, 0.05) is 16.9 Å². The highest BCUT2D eigenvalue weighted by molar-refractivity contribution is 7.14. The van der Waals surface area contributed by atoms with E-state index in [-0.39, 0.29) is 11.8 Å². The molecule has 1 N–H and O–H groups in total. The maximum atomic E-state index is 12.3. The molecule has 1 aliphatic heterocycles. The zero-order chi connectivity index (χ0) is 16.4. The standard InChI is InChI=1S/C18H20N2O3S/c21-17(12-4-2-1-3-5-12)20-18-19-14(11-24-18)13-6-7-15-16(10-13)23-9-8-22-15/h6-7,10-12H,1-5,8-9H2,(H,19,20,21). The Morgan fingerprint density at radius 3 is 2.75 bits per heavy atom. The fraction of sp³-hybridized carbons (Fsp3) is 0.444. The minimum absolute atomic E-state index is 0.109. The van der Waals surface area contributed by atoms with Crippen LogP contribution in [0.5, 0.6) is 11.5 Å². The van der Waals surface area contributed by atoms with Crippen molar-refractivity contribution in [1.29, 1.82) is 0 Å². The summed E-state index contributed by atoms with van der Waals surface area (Å²) in [6.45, 7) is 1.15. The first kappa shape index (κ1) is 15.4. The highest BCUT2D eigenvalue weighted by Crippen LogP contribution is 2.35. The third-order valence-corrected chi connectivity index (χ3v) is 5.31. The van der Waals surface area contributed by atoms with E-state index in [1.165, 1.54) is 17.8 Å². The van der Waals surface area contributed by atoms with Crippen LogP contribution < -0.4 is 14.8 Å². The molecule has 24 heavy (non-hydrogen) atoms. The van der Waals surface area contributed by atoms with Crippen molar-refractivity contribution in [3.05, 3.63) is 23.6 Å². The number of hydrogen-bond donors (Lipinski definition) is 1. The molecule has 0 atom stereocenters. The maximum Gasteiger partial charge on any atom is 0.229 e. The minimum Gasteiger partial charge on any atom is -0.486 e. The van der Waals surface area contributed by atoms with Crippen LogP contribution in [0.15, 0.2) is 23.6 Å². The van der Waals surface area contributed by atoms with E-state index >= 15 is 0 Å². The van der Waals surface area contributed by atoms with Gasteiger partial charge >= 0.3 is 0 Å². The molecule has 1 aromatic carbocycles. The van der Waals surface area contributed by atoms with Gasteiger partial charge in [-0.05, 0) is 31.0 Å². The van der Waals surface area contributed by atoms with Crippen LogP contribution in [0.2, 0.25) is 0 Å². The molecule has 0 spiro atoms. The molecule has 0 unspecified atom stereocenters. The van der Waals surface area contributed by atoms with Gasteiger partial charge in [-0.15, -0.1) is 11.3 Å². The maximum absolute atomic E-state index is 12.3. The lowest BCUT2D eigenvalue weighted by Crippen LogP contribution is -2.24. The topological polar surface area (TPSA) is 60.5 Å². The molecule has 1 amide bonds. The third kappa shape index (κ3) is 3.24. The summed E-state index contributed by atoms with van der Waals surface area (Å²) in [7, 11) is 0. The van der Waals surface area contributed by atoms with Gasteiger partial charge in [-0.3, -0.25) is 4.79 Å². The Bertz CT molecular complexity index is 738. The van der Waals surface area contributed by atoms with Crippen LogP contribution in [0.4, 0.5) is 5.13 Å². The number of nitrogens with one attached hydrogen (secondary N) is 1. The normalized spacial score (nSPS) is 17.5. The number of rotatable bonds is 3. The largest absolute Gasteiger partial charge is 0.486 e. The molecule has 2 aromatic rings. The first-order valence-corrected chi connectivity index (χ1v) is 9.34. The van der Waals surface area contributed by atoms with Crippen LogP contribution in [-0.4, -0.2) is 24.1 Å². The van der Waals surface area contributed by atoms with E-state index in [2.05, 4.69) is 10.3 Å². The number of carbonyl (C=O) groups excluding carboxylic acids is 1. The number of benzene rings is 1. The summed E-state index contributed by atoms with van der Waals surface area (Å²) < 4.78 is 11.2. The van der Waals surface area contributed by atoms with Gasteiger partial charge in [-0.2, -0.15) is 0 Å². The molecule has 5 nitrogen and oxygen atoms in total. The molecule has 2 aliphatic rings. The number of ether oxygens (including phenoxy) is 2. The van der Waals surface area contributed by atoms with E-state index in [0.717, 1.165) is 48.4 Å². The van der Waals surface area contributed by atoms with Crippen molar-refractivity contribution in [2.75, 3.05) is 18.5 Å². The lowest BCUT2D eigenvalue weighted by Gasteiger charge is -2.19. The van der Waals surface area contributed by atoms with Crippen LogP contribution in [0, 0.1) is 5.92 Å². The predicted molar refractivity (Wildman–Crippen MR) is 93.7 cm³/mol.